The van der Waals surface area contributed by atoms with Gasteiger partial charge in [-0.25, -0.2) is 0 Å². The molecular formula is C15H27N5O. The molecule has 2 rings (SSSR count). The second-order valence-corrected chi connectivity index (χ2v) is 6.58. The zero-order valence-corrected chi connectivity index (χ0v) is 13.5. The molecule has 1 aliphatic rings. The molecular weight excluding hydrogens is 266 g/mol. The summed E-state index contributed by atoms with van der Waals surface area (Å²) in [6.07, 6.45) is 6.23. The number of amides is 1. The van der Waals surface area contributed by atoms with E-state index in [1.54, 1.807) is 7.05 Å². The van der Waals surface area contributed by atoms with E-state index in [1.165, 1.54) is 23.7 Å². The normalized spacial score (nSPS) is 26.0. The second kappa shape index (κ2) is 6.05. The van der Waals surface area contributed by atoms with Crippen LogP contribution >= 0.6 is 0 Å². The van der Waals surface area contributed by atoms with Gasteiger partial charge in [0.1, 0.15) is 5.69 Å². The van der Waals surface area contributed by atoms with Crippen molar-refractivity contribution in [3.8, 4) is 0 Å². The number of nitrogens with two attached hydrogens (primary N) is 1. The Bertz CT molecular complexity index is 491. The maximum absolute atomic E-state index is 12.4. The number of hydrogen-bond donors (Lipinski definition) is 2. The van der Waals surface area contributed by atoms with Crippen LogP contribution < -0.4 is 11.1 Å². The first-order valence-corrected chi connectivity index (χ1v) is 7.59. The first kappa shape index (κ1) is 15.8. The number of nitrogens with zero attached hydrogens (tertiary/aromatic N) is 3. The van der Waals surface area contributed by atoms with Crippen LogP contribution in [0.25, 0.3) is 0 Å². The zero-order chi connectivity index (χ0) is 15.6. The third-order valence-corrected chi connectivity index (χ3v) is 4.78. The molecule has 0 spiro atoms. The molecule has 1 aromatic rings. The molecule has 21 heavy (non-hydrogen) atoms. The highest BCUT2D eigenvalue weighted by atomic mass is 16.2. The number of rotatable bonds is 4. The lowest BCUT2D eigenvalue weighted by molar-refractivity contribution is 0.0671. The van der Waals surface area contributed by atoms with E-state index in [1.807, 2.05) is 0 Å². The van der Waals surface area contributed by atoms with Gasteiger partial charge in [-0.3, -0.25) is 9.48 Å². The van der Waals surface area contributed by atoms with E-state index >= 15 is 0 Å². The molecule has 1 heterocycles. The molecule has 0 aromatic carbocycles. The van der Waals surface area contributed by atoms with Crippen molar-refractivity contribution >= 4 is 11.6 Å². The predicted octanol–water partition coefficient (Wildman–Crippen LogP) is 1.24. The van der Waals surface area contributed by atoms with Gasteiger partial charge in [-0.1, -0.05) is 19.8 Å². The van der Waals surface area contributed by atoms with Gasteiger partial charge in [-0.15, -0.1) is 0 Å². The lowest BCUT2D eigenvalue weighted by Gasteiger charge is -2.45. The monoisotopic (exact) mass is 293 g/mol. The molecule has 118 valence electrons. The number of nitrogen functional groups attached to an aromatic ring is 1. The van der Waals surface area contributed by atoms with Crippen LogP contribution in [-0.4, -0.2) is 46.8 Å². The average Bonchev–Trinajstić information content (AvgIpc) is 2.75. The van der Waals surface area contributed by atoms with Gasteiger partial charge < -0.3 is 16.0 Å². The fourth-order valence-corrected chi connectivity index (χ4v) is 3.42. The summed E-state index contributed by atoms with van der Waals surface area (Å²) in [5, 5.41) is 7.07. The molecule has 0 radical (unpaired) electrons. The highest BCUT2D eigenvalue weighted by molar-refractivity contribution is 5.97. The Balaban J connectivity index is 2.07. The predicted molar refractivity (Wildman–Crippen MR) is 84.0 cm³/mol. The van der Waals surface area contributed by atoms with Crippen molar-refractivity contribution in [1.82, 2.24) is 20.0 Å². The summed E-state index contributed by atoms with van der Waals surface area (Å²) in [4.78, 5) is 14.6. The molecule has 0 saturated heterocycles. The minimum Gasteiger partial charge on any atom is -0.396 e. The molecule has 1 aromatic heterocycles. The number of carbonyl (C=O) groups excluding carboxylic acids is 1. The summed E-state index contributed by atoms with van der Waals surface area (Å²) >= 11 is 0. The number of aryl methyl sites for hydroxylation is 1. The van der Waals surface area contributed by atoms with Gasteiger partial charge in [-0.2, -0.15) is 5.10 Å². The van der Waals surface area contributed by atoms with Crippen molar-refractivity contribution in [1.29, 1.82) is 0 Å². The van der Waals surface area contributed by atoms with Crippen LogP contribution in [0.5, 0.6) is 0 Å². The van der Waals surface area contributed by atoms with Gasteiger partial charge in [0.15, 0.2) is 0 Å². The molecule has 1 aliphatic carbocycles. The highest BCUT2D eigenvalue weighted by Crippen LogP contribution is 2.35. The SMILES string of the molecule is CC1CCCC(CNC(=O)c2c(N)cnn2C)(N(C)C)C1. The van der Waals surface area contributed by atoms with Crippen LogP contribution in [0.4, 0.5) is 5.69 Å². The van der Waals surface area contributed by atoms with Gasteiger partial charge >= 0.3 is 0 Å². The van der Waals surface area contributed by atoms with Crippen molar-refractivity contribution in [2.24, 2.45) is 13.0 Å². The summed E-state index contributed by atoms with van der Waals surface area (Å²) in [5.74, 6) is 0.548. The van der Waals surface area contributed by atoms with E-state index in [4.69, 9.17) is 5.73 Å². The minimum atomic E-state index is -0.146. The molecule has 0 bridgehead atoms. The quantitative estimate of drug-likeness (QED) is 0.876. The third-order valence-electron chi connectivity index (χ3n) is 4.78. The number of aromatic nitrogens is 2. The number of hydrogen-bond acceptors (Lipinski definition) is 4. The van der Waals surface area contributed by atoms with E-state index < -0.39 is 0 Å². The van der Waals surface area contributed by atoms with E-state index in [2.05, 4.69) is 36.3 Å². The summed E-state index contributed by atoms with van der Waals surface area (Å²) in [6, 6.07) is 0. The van der Waals surface area contributed by atoms with Gasteiger partial charge in [0.2, 0.25) is 0 Å². The second-order valence-electron chi connectivity index (χ2n) is 6.58. The maximum Gasteiger partial charge on any atom is 0.271 e. The first-order chi connectivity index (χ1) is 9.85. The molecule has 2 unspecified atom stereocenters. The Labute approximate surface area is 126 Å². The van der Waals surface area contributed by atoms with E-state index in [-0.39, 0.29) is 11.4 Å². The number of anilines is 1. The third kappa shape index (κ3) is 3.20. The van der Waals surface area contributed by atoms with Crippen LogP contribution in [-0.2, 0) is 7.05 Å². The average molecular weight is 293 g/mol. The van der Waals surface area contributed by atoms with E-state index in [0.29, 0.717) is 23.8 Å². The van der Waals surface area contributed by atoms with E-state index in [9.17, 15) is 4.79 Å². The van der Waals surface area contributed by atoms with Crippen molar-refractivity contribution in [3.05, 3.63) is 11.9 Å². The van der Waals surface area contributed by atoms with Crippen LogP contribution in [0.3, 0.4) is 0 Å². The molecule has 0 aliphatic heterocycles. The lowest BCUT2D eigenvalue weighted by atomic mass is 9.75. The summed E-state index contributed by atoms with van der Waals surface area (Å²) < 4.78 is 1.52. The van der Waals surface area contributed by atoms with Crippen molar-refractivity contribution in [3.63, 3.8) is 0 Å². The van der Waals surface area contributed by atoms with Crippen molar-refractivity contribution in [2.75, 3.05) is 26.4 Å². The van der Waals surface area contributed by atoms with Crippen LogP contribution in [0.1, 0.15) is 43.1 Å². The number of carbonyl (C=O) groups is 1. The Morgan fingerprint density at radius 1 is 1.62 bits per heavy atom. The van der Waals surface area contributed by atoms with Crippen molar-refractivity contribution < 1.29 is 4.79 Å². The Kier molecular flexibility index (Phi) is 4.56. The molecule has 1 fully saturated rings. The molecule has 2 atom stereocenters. The fraction of sp³-hybridized carbons (Fsp3) is 0.733. The smallest absolute Gasteiger partial charge is 0.271 e. The Morgan fingerprint density at radius 3 is 2.86 bits per heavy atom. The summed E-state index contributed by atoms with van der Waals surface area (Å²) in [7, 11) is 5.93. The number of likely N-dealkylation sites (N-methyl/N-ethyl adjacent to an activating group) is 1. The van der Waals surface area contributed by atoms with Gasteiger partial charge in [0, 0.05) is 19.1 Å². The highest BCUT2D eigenvalue weighted by Gasteiger charge is 2.37. The fourth-order valence-electron chi connectivity index (χ4n) is 3.42. The molecule has 6 nitrogen and oxygen atoms in total. The molecule has 1 amide bonds. The van der Waals surface area contributed by atoms with E-state index in [0.717, 1.165) is 12.8 Å². The van der Waals surface area contributed by atoms with Crippen LogP contribution in [0, 0.1) is 5.92 Å². The first-order valence-electron chi connectivity index (χ1n) is 7.59. The van der Waals surface area contributed by atoms with Gasteiger partial charge in [0.25, 0.3) is 5.91 Å². The van der Waals surface area contributed by atoms with Gasteiger partial charge in [-0.05, 0) is 32.9 Å². The topological polar surface area (TPSA) is 76.2 Å². The summed E-state index contributed by atoms with van der Waals surface area (Å²) in [5.41, 5.74) is 6.71. The minimum absolute atomic E-state index is 0.0423. The zero-order valence-electron chi connectivity index (χ0n) is 13.5. The number of nitrogens with one attached hydrogen (secondary N) is 1. The Morgan fingerprint density at radius 2 is 2.33 bits per heavy atom. The molecule has 6 heteroatoms. The molecule has 1 saturated carbocycles. The Hall–Kier alpha value is -1.56. The maximum atomic E-state index is 12.4. The largest absolute Gasteiger partial charge is 0.396 e. The lowest BCUT2D eigenvalue weighted by Crippen LogP contribution is -2.55. The standard InChI is InChI=1S/C15H27N5O/c1-11-6-5-7-15(8-11,19(2)3)10-17-14(21)13-12(16)9-18-20(13)4/h9,11H,5-8,10,16H2,1-4H3,(H,17,21). The molecule has 3 N–H and O–H groups in total. The van der Waals surface area contributed by atoms with Crippen molar-refractivity contribution in [2.45, 2.75) is 38.1 Å². The van der Waals surface area contributed by atoms with Gasteiger partial charge in [0.05, 0.1) is 11.9 Å². The van der Waals surface area contributed by atoms with Crippen LogP contribution in [0.15, 0.2) is 6.20 Å². The van der Waals surface area contributed by atoms with Crippen LogP contribution in [0.2, 0.25) is 0 Å². The summed E-state index contributed by atoms with van der Waals surface area (Å²) in [6.45, 7) is 2.94.